The molecule has 0 atom stereocenters. The number of nitrogens with zero attached hydrogens (tertiary/aromatic N) is 1. The number of anilines is 1. The summed E-state index contributed by atoms with van der Waals surface area (Å²) in [6.45, 7) is 2.41. The minimum atomic E-state index is -0.552. The first-order valence-corrected chi connectivity index (χ1v) is 6.38. The van der Waals surface area contributed by atoms with Gasteiger partial charge in [-0.3, -0.25) is 0 Å². The molecule has 1 saturated heterocycles. The molecule has 1 heterocycles. The minimum absolute atomic E-state index is 0.552. The van der Waals surface area contributed by atoms with E-state index in [4.69, 9.17) is 11.6 Å². The van der Waals surface area contributed by atoms with Crippen LogP contribution in [-0.4, -0.2) is 37.4 Å². The predicted octanol–water partition coefficient (Wildman–Crippen LogP) is 1.89. The maximum Gasteiger partial charge on any atom is 0.0805 e. The third-order valence-electron chi connectivity index (χ3n) is 3.37. The molecule has 1 aliphatic heterocycles. The molecule has 1 aliphatic rings. The number of hydrogen-bond acceptors (Lipinski definition) is 3. The van der Waals surface area contributed by atoms with Crippen molar-refractivity contribution in [2.75, 3.05) is 31.6 Å². The van der Waals surface area contributed by atoms with Gasteiger partial charge in [0.15, 0.2) is 0 Å². The van der Waals surface area contributed by atoms with Gasteiger partial charge in [0.05, 0.1) is 5.60 Å². The van der Waals surface area contributed by atoms with E-state index in [9.17, 15) is 5.11 Å². The van der Waals surface area contributed by atoms with Gasteiger partial charge < -0.3 is 15.3 Å². The lowest BCUT2D eigenvalue weighted by molar-refractivity contribution is 0.0185. The first-order chi connectivity index (χ1) is 8.13. The van der Waals surface area contributed by atoms with Gasteiger partial charge in [0, 0.05) is 30.3 Å². The van der Waals surface area contributed by atoms with E-state index < -0.39 is 5.60 Å². The standard InChI is InChI=1S/C13H19ClN2O/c1-15-10-13(17)5-7-16(8-6-13)12-4-2-3-11(14)9-12/h2-4,9,15,17H,5-8,10H2,1H3. The van der Waals surface area contributed by atoms with Crippen LogP contribution in [-0.2, 0) is 0 Å². The van der Waals surface area contributed by atoms with Crippen molar-refractivity contribution >= 4 is 17.3 Å². The third-order valence-corrected chi connectivity index (χ3v) is 3.61. The van der Waals surface area contributed by atoms with Gasteiger partial charge >= 0.3 is 0 Å². The van der Waals surface area contributed by atoms with Crippen molar-refractivity contribution in [3.63, 3.8) is 0 Å². The van der Waals surface area contributed by atoms with Crippen LogP contribution in [0, 0.1) is 0 Å². The van der Waals surface area contributed by atoms with Gasteiger partial charge in [0.2, 0.25) is 0 Å². The van der Waals surface area contributed by atoms with Gasteiger partial charge in [-0.25, -0.2) is 0 Å². The summed E-state index contributed by atoms with van der Waals surface area (Å²) in [5.41, 5.74) is 0.591. The van der Waals surface area contributed by atoms with E-state index in [1.807, 2.05) is 25.2 Å². The molecule has 1 aromatic carbocycles. The Morgan fingerprint density at radius 2 is 2.12 bits per heavy atom. The molecule has 1 fully saturated rings. The highest BCUT2D eigenvalue weighted by Crippen LogP contribution is 2.27. The lowest BCUT2D eigenvalue weighted by Gasteiger charge is -2.39. The number of benzene rings is 1. The number of piperidine rings is 1. The second kappa shape index (κ2) is 5.25. The average Bonchev–Trinajstić information content (AvgIpc) is 2.30. The van der Waals surface area contributed by atoms with Crippen molar-refractivity contribution in [2.45, 2.75) is 18.4 Å². The molecule has 0 aromatic heterocycles. The maximum atomic E-state index is 10.3. The molecule has 94 valence electrons. The Hall–Kier alpha value is -0.770. The Balaban J connectivity index is 1.99. The summed E-state index contributed by atoms with van der Waals surface area (Å²) in [6.07, 6.45) is 1.58. The molecule has 0 bridgehead atoms. The van der Waals surface area contributed by atoms with Gasteiger partial charge in [0.25, 0.3) is 0 Å². The van der Waals surface area contributed by atoms with E-state index in [0.29, 0.717) is 6.54 Å². The van der Waals surface area contributed by atoms with Crippen molar-refractivity contribution in [1.82, 2.24) is 5.32 Å². The Morgan fingerprint density at radius 3 is 2.71 bits per heavy atom. The Labute approximate surface area is 107 Å². The molecule has 0 radical (unpaired) electrons. The van der Waals surface area contributed by atoms with E-state index in [0.717, 1.165) is 36.6 Å². The highest BCUT2D eigenvalue weighted by molar-refractivity contribution is 6.30. The monoisotopic (exact) mass is 254 g/mol. The number of hydrogen-bond donors (Lipinski definition) is 2. The summed E-state index contributed by atoms with van der Waals surface area (Å²) in [5, 5.41) is 14.1. The zero-order valence-electron chi connectivity index (χ0n) is 10.1. The van der Waals surface area contributed by atoms with Gasteiger partial charge in [-0.15, -0.1) is 0 Å². The molecule has 0 unspecified atom stereocenters. The fourth-order valence-corrected chi connectivity index (χ4v) is 2.54. The smallest absolute Gasteiger partial charge is 0.0805 e. The largest absolute Gasteiger partial charge is 0.388 e. The van der Waals surface area contributed by atoms with E-state index in [2.05, 4.69) is 16.3 Å². The molecule has 0 saturated carbocycles. The molecule has 0 aliphatic carbocycles. The van der Waals surface area contributed by atoms with Crippen molar-refractivity contribution < 1.29 is 5.11 Å². The fraction of sp³-hybridized carbons (Fsp3) is 0.538. The normalized spacial score (nSPS) is 19.4. The Kier molecular flexibility index (Phi) is 3.92. The summed E-state index contributed by atoms with van der Waals surface area (Å²) in [4.78, 5) is 2.27. The zero-order chi connectivity index (χ0) is 12.3. The molecule has 2 N–H and O–H groups in total. The van der Waals surface area contributed by atoms with E-state index in [1.54, 1.807) is 0 Å². The summed E-state index contributed by atoms with van der Waals surface area (Å²) in [6, 6.07) is 7.89. The van der Waals surface area contributed by atoms with Crippen LogP contribution in [0.3, 0.4) is 0 Å². The highest BCUT2D eigenvalue weighted by atomic mass is 35.5. The number of aliphatic hydroxyl groups is 1. The maximum absolute atomic E-state index is 10.3. The van der Waals surface area contributed by atoms with Crippen LogP contribution < -0.4 is 10.2 Å². The van der Waals surface area contributed by atoms with Crippen LogP contribution in [0.2, 0.25) is 5.02 Å². The molecule has 0 spiro atoms. The van der Waals surface area contributed by atoms with Crippen LogP contribution in [0.4, 0.5) is 5.69 Å². The van der Waals surface area contributed by atoms with E-state index in [-0.39, 0.29) is 0 Å². The number of halogens is 1. The van der Waals surface area contributed by atoms with Gasteiger partial charge in [-0.1, -0.05) is 17.7 Å². The van der Waals surface area contributed by atoms with Crippen LogP contribution in [0.25, 0.3) is 0 Å². The van der Waals surface area contributed by atoms with Crippen LogP contribution >= 0.6 is 11.6 Å². The van der Waals surface area contributed by atoms with Gasteiger partial charge in [-0.2, -0.15) is 0 Å². The first-order valence-electron chi connectivity index (χ1n) is 6.00. The van der Waals surface area contributed by atoms with Crippen LogP contribution in [0.5, 0.6) is 0 Å². The molecule has 17 heavy (non-hydrogen) atoms. The minimum Gasteiger partial charge on any atom is -0.388 e. The predicted molar refractivity (Wildman–Crippen MR) is 71.8 cm³/mol. The Bertz CT molecular complexity index is 375. The van der Waals surface area contributed by atoms with Crippen LogP contribution in [0.1, 0.15) is 12.8 Å². The van der Waals surface area contributed by atoms with Gasteiger partial charge in [0.1, 0.15) is 0 Å². The molecule has 4 heteroatoms. The molecule has 0 amide bonds. The highest BCUT2D eigenvalue weighted by Gasteiger charge is 2.31. The third kappa shape index (κ3) is 3.12. The van der Waals surface area contributed by atoms with E-state index >= 15 is 0 Å². The molecule has 2 rings (SSSR count). The number of likely N-dealkylation sites (N-methyl/N-ethyl adjacent to an activating group) is 1. The van der Waals surface area contributed by atoms with Crippen LogP contribution in [0.15, 0.2) is 24.3 Å². The SMILES string of the molecule is CNCC1(O)CCN(c2cccc(Cl)c2)CC1. The molecular formula is C13H19ClN2O. The van der Waals surface area contributed by atoms with Crippen molar-refractivity contribution in [3.8, 4) is 0 Å². The lowest BCUT2D eigenvalue weighted by atomic mass is 9.91. The number of nitrogens with one attached hydrogen (secondary N) is 1. The number of rotatable bonds is 3. The molecular weight excluding hydrogens is 236 g/mol. The molecule has 3 nitrogen and oxygen atoms in total. The first kappa shape index (κ1) is 12.7. The summed E-state index contributed by atoms with van der Waals surface area (Å²) >= 11 is 5.98. The lowest BCUT2D eigenvalue weighted by Crippen LogP contribution is -2.49. The zero-order valence-corrected chi connectivity index (χ0v) is 10.9. The average molecular weight is 255 g/mol. The Morgan fingerprint density at radius 1 is 1.41 bits per heavy atom. The summed E-state index contributed by atoms with van der Waals surface area (Å²) < 4.78 is 0. The quantitative estimate of drug-likeness (QED) is 0.865. The summed E-state index contributed by atoms with van der Waals surface area (Å²) in [7, 11) is 1.88. The van der Waals surface area contributed by atoms with E-state index in [1.165, 1.54) is 0 Å². The second-order valence-electron chi connectivity index (χ2n) is 4.72. The van der Waals surface area contributed by atoms with Gasteiger partial charge in [-0.05, 0) is 38.1 Å². The van der Waals surface area contributed by atoms with Crippen molar-refractivity contribution in [2.24, 2.45) is 0 Å². The van der Waals surface area contributed by atoms with Crippen molar-refractivity contribution in [3.05, 3.63) is 29.3 Å². The second-order valence-corrected chi connectivity index (χ2v) is 5.16. The molecule has 1 aromatic rings. The summed E-state index contributed by atoms with van der Waals surface area (Å²) in [5.74, 6) is 0. The van der Waals surface area contributed by atoms with Crippen molar-refractivity contribution in [1.29, 1.82) is 0 Å². The topological polar surface area (TPSA) is 35.5 Å². The fourth-order valence-electron chi connectivity index (χ4n) is 2.36.